The van der Waals surface area contributed by atoms with E-state index in [4.69, 9.17) is 0 Å². The lowest BCUT2D eigenvalue weighted by Crippen LogP contribution is -2.27. The number of hydrogen-bond donors (Lipinski definition) is 1. The molecule has 0 saturated carbocycles. The number of halogens is 2. The summed E-state index contributed by atoms with van der Waals surface area (Å²) < 4.78 is 41.1. The van der Waals surface area contributed by atoms with Crippen LogP contribution in [0.1, 0.15) is 18.5 Å². The molecule has 3 nitrogen and oxygen atoms in total. The maximum Gasteiger partial charge on any atom is 0.244 e. The highest BCUT2D eigenvalue weighted by molar-refractivity contribution is 9.10. The van der Waals surface area contributed by atoms with Gasteiger partial charge in [-0.2, -0.15) is 0 Å². The quantitative estimate of drug-likeness (QED) is 0.907. The van der Waals surface area contributed by atoms with Crippen molar-refractivity contribution < 1.29 is 12.8 Å². The second-order valence-corrected chi connectivity index (χ2v) is 6.93. The summed E-state index contributed by atoms with van der Waals surface area (Å²) in [5.74, 6) is -0.777. The van der Waals surface area contributed by atoms with Crippen molar-refractivity contribution in [3.8, 4) is 0 Å². The molecule has 0 aliphatic heterocycles. The number of sulfonamides is 1. The Labute approximate surface area is 126 Å². The van der Waals surface area contributed by atoms with Crippen molar-refractivity contribution in [3.05, 3.63) is 64.4 Å². The summed E-state index contributed by atoms with van der Waals surface area (Å²) in [4.78, 5) is -0.366. The second-order valence-electron chi connectivity index (χ2n) is 4.33. The molecule has 0 aliphatic rings. The van der Waals surface area contributed by atoms with E-state index in [9.17, 15) is 12.8 Å². The molecule has 2 rings (SSSR count). The van der Waals surface area contributed by atoms with Crippen molar-refractivity contribution >= 4 is 26.0 Å². The first-order valence-corrected chi connectivity index (χ1v) is 8.20. The molecule has 0 spiro atoms. The van der Waals surface area contributed by atoms with Crippen molar-refractivity contribution in [2.24, 2.45) is 0 Å². The Morgan fingerprint density at radius 2 is 1.80 bits per heavy atom. The van der Waals surface area contributed by atoms with E-state index in [-0.39, 0.29) is 4.90 Å². The van der Waals surface area contributed by atoms with Crippen molar-refractivity contribution in [1.82, 2.24) is 4.72 Å². The molecule has 2 aromatic rings. The summed E-state index contributed by atoms with van der Waals surface area (Å²) >= 11 is 3.14. The fourth-order valence-corrected chi connectivity index (χ4v) is 3.64. The Hall–Kier alpha value is -1.24. The van der Waals surface area contributed by atoms with Crippen LogP contribution in [0.15, 0.2) is 57.9 Å². The standard InChI is InChI=1S/C14H13BrFNO2S/c1-10(11-5-3-2-4-6-11)17-20(18,19)14-9-12(15)7-8-13(14)16/h2-10,17H,1H3. The second kappa shape index (κ2) is 6.03. The third-order valence-electron chi connectivity index (χ3n) is 2.81. The van der Waals surface area contributed by atoms with Gasteiger partial charge < -0.3 is 0 Å². The molecule has 1 unspecified atom stereocenters. The molecule has 6 heteroatoms. The lowest BCUT2D eigenvalue weighted by molar-refractivity contribution is 0.546. The van der Waals surface area contributed by atoms with Gasteiger partial charge in [0.05, 0.1) is 0 Å². The highest BCUT2D eigenvalue weighted by Gasteiger charge is 2.22. The maximum absolute atomic E-state index is 13.7. The van der Waals surface area contributed by atoms with Crippen LogP contribution in [0.4, 0.5) is 4.39 Å². The van der Waals surface area contributed by atoms with Crippen molar-refractivity contribution in [2.75, 3.05) is 0 Å². The van der Waals surface area contributed by atoms with Gasteiger partial charge in [0.2, 0.25) is 10.0 Å². The Kier molecular flexibility index (Phi) is 4.57. The summed E-state index contributed by atoms with van der Waals surface area (Å²) in [7, 11) is -3.92. The molecule has 0 aliphatic carbocycles. The van der Waals surface area contributed by atoms with Gasteiger partial charge in [0.1, 0.15) is 10.7 Å². The molecule has 1 atom stereocenters. The Bertz CT molecular complexity index is 704. The van der Waals surface area contributed by atoms with Gasteiger partial charge in [-0.1, -0.05) is 46.3 Å². The highest BCUT2D eigenvalue weighted by atomic mass is 79.9. The third kappa shape index (κ3) is 3.45. The summed E-state index contributed by atoms with van der Waals surface area (Å²) in [6.07, 6.45) is 0. The van der Waals surface area contributed by atoms with Crippen molar-refractivity contribution in [3.63, 3.8) is 0 Å². The molecule has 0 amide bonds. The van der Waals surface area contributed by atoms with Crippen molar-refractivity contribution in [1.29, 1.82) is 0 Å². The van der Waals surface area contributed by atoms with Crippen LogP contribution in [0.25, 0.3) is 0 Å². The molecule has 0 bridgehead atoms. The molecule has 1 N–H and O–H groups in total. The smallest absolute Gasteiger partial charge is 0.207 e. The van der Waals surface area contributed by atoms with E-state index >= 15 is 0 Å². The zero-order chi connectivity index (χ0) is 14.8. The zero-order valence-corrected chi connectivity index (χ0v) is 13.1. The predicted octanol–water partition coefficient (Wildman–Crippen LogP) is 3.63. The summed E-state index contributed by atoms with van der Waals surface area (Å²) in [6, 6.07) is 12.5. The average Bonchev–Trinajstić information content (AvgIpc) is 2.42. The molecule has 0 fully saturated rings. The summed E-state index contributed by atoms with van der Waals surface area (Å²) in [6.45, 7) is 1.71. The van der Waals surface area contributed by atoms with Gasteiger partial charge in [-0.05, 0) is 30.7 Å². The fourth-order valence-electron chi connectivity index (χ4n) is 1.79. The van der Waals surface area contributed by atoms with E-state index in [0.29, 0.717) is 4.47 Å². The number of nitrogens with one attached hydrogen (secondary N) is 1. The van der Waals surface area contributed by atoms with Crippen LogP contribution in [0.3, 0.4) is 0 Å². The van der Waals surface area contributed by atoms with Crippen LogP contribution in [0.5, 0.6) is 0 Å². The van der Waals surface area contributed by atoms with Gasteiger partial charge >= 0.3 is 0 Å². The Morgan fingerprint density at radius 1 is 1.15 bits per heavy atom. The minimum Gasteiger partial charge on any atom is -0.207 e. The van der Waals surface area contributed by atoms with Crippen LogP contribution < -0.4 is 4.72 Å². The zero-order valence-electron chi connectivity index (χ0n) is 10.7. The molecule has 0 aromatic heterocycles. The Balaban J connectivity index is 2.30. The monoisotopic (exact) mass is 357 g/mol. The highest BCUT2D eigenvalue weighted by Crippen LogP contribution is 2.22. The summed E-state index contributed by atoms with van der Waals surface area (Å²) in [5, 5.41) is 0. The van der Waals surface area contributed by atoms with Crippen molar-refractivity contribution in [2.45, 2.75) is 17.9 Å². The SMILES string of the molecule is CC(NS(=O)(=O)c1cc(Br)ccc1F)c1ccccc1. The lowest BCUT2D eigenvalue weighted by atomic mass is 10.1. The van der Waals surface area contributed by atoms with Crippen LogP contribution in [0, 0.1) is 5.82 Å². The van der Waals surface area contributed by atoms with Crippen LogP contribution >= 0.6 is 15.9 Å². The first kappa shape index (κ1) is 15.2. The first-order valence-electron chi connectivity index (χ1n) is 5.92. The van der Waals surface area contributed by atoms with Crippen LogP contribution in [0.2, 0.25) is 0 Å². The summed E-state index contributed by atoms with van der Waals surface area (Å²) in [5.41, 5.74) is 0.812. The number of benzene rings is 2. The van der Waals surface area contributed by atoms with Gasteiger partial charge in [-0.25, -0.2) is 17.5 Å². The largest absolute Gasteiger partial charge is 0.244 e. The van der Waals surface area contributed by atoms with E-state index in [2.05, 4.69) is 20.7 Å². The number of rotatable bonds is 4. The van der Waals surface area contributed by atoms with E-state index in [1.165, 1.54) is 12.1 Å². The minimum atomic E-state index is -3.92. The van der Waals surface area contributed by atoms with Gasteiger partial charge in [0, 0.05) is 10.5 Å². The average molecular weight is 358 g/mol. The molecule has 106 valence electrons. The number of hydrogen-bond acceptors (Lipinski definition) is 2. The maximum atomic E-state index is 13.7. The van der Waals surface area contributed by atoms with Crippen LogP contribution in [-0.2, 0) is 10.0 Å². The van der Waals surface area contributed by atoms with E-state index in [1.54, 1.807) is 6.92 Å². The molecule has 0 heterocycles. The van der Waals surface area contributed by atoms with Gasteiger partial charge in [0.25, 0.3) is 0 Å². The first-order chi connectivity index (χ1) is 9.40. The fraction of sp³-hybridized carbons (Fsp3) is 0.143. The van der Waals surface area contributed by atoms with Gasteiger partial charge in [-0.3, -0.25) is 0 Å². The minimum absolute atomic E-state index is 0.366. The van der Waals surface area contributed by atoms with Gasteiger partial charge in [-0.15, -0.1) is 0 Å². The van der Waals surface area contributed by atoms with E-state index in [1.807, 2.05) is 30.3 Å². The van der Waals surface area contributed by atoms with E-state index < -0.39 is 21.9 Å². The molecule has 0 saturated heterocycles. The molecular weight excluding hydrogens is 345 g/mol. The molecular formula is C14H13BrFNO2S. The van der Waals surface area contributed by atoms with Gasteiger partial charge in [0.15, 0.2) is 0 Å². The molecule has 0 radical (unpaired) electrons. The topological polar surface area (TPSA) is 46.2 Å². The lowest BCUT2D eigenvalue weighted by Gasteiger charge is -2.15. The van der Waals surface area contributed by atoms with E-state index in [0.717, 1.165) is 11.6 Å². The Morgan fingerprint density at radius 3 is 2.45 bits per heavy atom. The third-order valence-corrected chi connectivity index (χ3v) is 4.86. The predicted molar refractivity (Wildman–Crippen MR) is 79.3 cm³/mol. The van der Waals surface area contributed by atoms with Crippen LogP contribution in [-0.4, -0.2) is 8.42 Å². The molecule has 20 heavy (non-hydrogen) atoms. The normalized spacial score (nSPS) is 13.2. The molecule has 2 aromatic carbocycles.